The Morgan fingerprint density at radius 3 is 2.50 bits per heavy atom. The van der Waals surface area contributed by atoms with E-state index in [0.717, 1.165) is 5.75 Å². The summed E-state index contributed by atoms with van der Waals surface area (Å²) < 4.78 is 12.9. The molecule has 0 aliphatic carbocycles. The van der Waals surface area contributed by atoms with Crippen molar-refractivity contribution in [3.63, 3.8) is 0 Å². The molecule has 30 heavy (non-hydrogen) atoms. The van der Waals surface area contributed by atoms with Crippen LogP contribution in [0, 0.1) is 0 Å². The number of aromatic nitrogens is 3. The van der Waals surface area contributed by atoms with E-state index in [1.165, 1.54) is 11.8 Å². The van der Waals surface area contributed by atoms with Gasteiger partial charge in [0.25, 0.3) is 0 Å². The standard InChI is InChI=1S/C20H20Cl2N4O3S/c1-12(29-15-7-5-14(28-3)6-8-15)19-24-25-20(26(19)2)30-11-18(27)23-13-4-9-16(21)17(22)10-13/h4-10,12H,11H2,1-3H3,(H,23,27). The predicted octanol–water partition coefficient (Wildman–Crippen LogP) is 5.00. The second-order valence-electron chi connectivity index (χ2n) is 6.30. The van der Waals surface area contributed by atoms with Gasteiger partial charge in [-0.1, -0.05) is 35.0 Å². The zero-order valence-electron chi connectivity index (χ0n) is 16.6. The third-order valence-corrected chi connectivity index (χ3v) is 5.90. The van der Waals surface area contributed by atoms with E-state index < -0.39 is 0 Å². The van der Waals surface area contributed by atoms with Gasteiger partial charge < -0.3 is 19.4 Å². The Bertz CT molecular complexity index is 1030. The van der Waals surface area contributed by atoms with Crippen molar-refractivity contribution < 1.29 is 14.3 Å². The summed E-state index contributed by atoms with van der Waals surface area (Å²) in [5.41, 5.74) is 0.579. The van der Waals surface area contributed by atoms with E-state index in [9.17, 15) is 4.79 Å². The van der Waals surface area contributed by atoms with Gasteiger partial charge >= 0.3 is 0 Å². The van der Waals surface area contributed by atoms with Crippen molar-refractivity contribution in [2.75, 3.05) is 18.2 Å². The molecule has 3 rings (SSSR count). The first-order valence-electron chi connectivity index (χ1n) is 8.95. The zero-order valence-corrected chi connectivity index (χ0v) is 18.9. The van der Waals surface area contributed by atoms with Gasteiger partial charge in [0.15, 0.2) is 17.1 Å². The van der Waals surface area contributed by atoms with Gasteiger partial charge in [-0.2, -0.15) is 0 Å². The maximum atomic E-state index is 12.2. The fraction of sp³-hybridized carbons (Fsp3) is 0.250. The van der Waals surface area contributed by atoms with E-state index in [1.807, 2.05) is 42.8 Å². The van der Waals surface area contributed by atoms with Crippen LogP contribution in [0.4, 0.5) is 5.69 Å². The molecular formula is C20H20Cl2N4O3S. The molecule has 10 heteroatoms. The summed E-state index contributed by atoms with van der Waals surface area (Å²) in [5.74, 6) is 2.08. The molecule has 0 bridgehead atoms. The number of halogens is 2. The number of thioether (sulfide) groups is 1. The second kappa shape index (κ2) is 10.1. The van der Waals surface area contributed by atoms with Crippen LogP contribution in [0.1, 0.15) is 18.9 Å². The van der Waals surface area contributed by atoms with Crippen LogP contribution in [0.25, 0.3) is 0 Å². The van der Waals surface area contributed by atoms with Crippen molar-refractivity contribution in [3.8, 4) is 11.5 Å². The average molecular weight is 467 g/mol. The number of amides is 1. The van der Waals surface area contributed by atoms with E-state index >= 15 is 0 Å². The molecule has 1 aromatic heterocycles. The predicted molar refractivity (Wildman–Crippen MR) is 119 cm³/mol. The minimum atomic E-state index is -0.324. The summed E-state index contributed by atoms with van der Waals surface area (Å²) in [6.07, 6.45) is -0.324. The van der Waals surface area contributed by atoms with E-state index in [1.54, 1.807) is 25.3 Å². The molecule has 0 fully saturated rings. The Hall–Kier alpha value is -2.42. The maximum Gasteiger partial charge on any atom is 0.234 e. The van der Waals surface area contributed by atoms with Crippen LogP contribution >= 0.6 is 35.0 Å². The molecule has 2 aromatic carbocycles. The van der Waals surface area contributed by atoms with E-state index in [0.29, 0.717) is 32.5 Å². The number of hydrogen-bond acceptors (Lipinski definition) is 6. The summed E-state index contributed by atoms with van der Waals surface area (Å²) in [5, 5.41) is 12.6. The number of carbonyl (C=O) groups is 1. The second-order valence-corrected chi connectivity index (χ2v) is 8.06. The number of nitrogens with zero attached hydrogens (tertiary/aromatic N) is 3. The van der Waals surface area contributed by atoms with E-state index in [4.69, 9.17) is 32.7 Å². The molecule has 1 N–H and O–H groups in total. The number of rotatable bonds is 8. The molecule has 1 amide bonds. The Labute approximate surface area is 188 Å². The Morgan fingerprint density at radius 2 is 1.83 bits per heavy atom. The highest BCUT2D eigenvalue weighted by molar-refractivity contribution is 7.99. The van der Waals surface area contributed by atoms with Crippen LogP contribution in [0.3, 0.4) is 0 Å². The normalized spacial score (nSPS) is 11.8. The van der Waals surface area contributed by atoms with Gasteiger partial charge in [-0.05, 0) is 49.4 Å². The Morgan fingerprint density at radius 1 is 1.13 bits per heavy atom. The van der Waals surface area contributed by atoms with Crippen LogP contribution in [0.5, 0.6) is 11.5 Å². The molecule has 1 unspecified atom stereocenters. The van der Waals surface area contributed by atoms with Crippen molar-refractivity contribution in [3.05, 3.63) is 58.3 Å². The minimum absolute atomic E-state index is 0.167. The largest absolute Gasteiger partial charge is 0.497 e. The first kappa shape index (κ1) is 22.3. The molecule has 0 saturated carbocycles. The lowest BCUT2D eigenvalue weighted by Gasteiger charge is -2.14. The SMILES string of the molecule is COc1ccc(OC(C)c2nnc(SCC(=O)Nc3ccc(Cl)c(Cl)c3)n2C)cc1. The summed E-state index contributed by atoms with van der Waals surface area (Å²) in [6.45, 7) is 1.89. The zero-order chi connectivity index (χ0) is 21.7. The number of ether oxygens (including phenoxy) is 2. The van der Waals surface area contributed by atoms with Gasteiger partial charge in [0.05, 0.1) is 22.9 Å². The van der Waals surface area contributed by atoms with Crippen LogP contribution in [-0.2, 0) is 11.8 Å². The number of nitrogens with one attached hydrogen (secondary N) is 1. The summed E-state index contributed by atoms with van der Waals surface area (Å²) in [7, 11) is 3.45. The molecule has 158 valence electrons. The monoisotopic (exact) mass is 466 g/mol. The molecule has 0 saturated heterocycles. The third kappa shape index (κ3) is 5.59. The highest BCUT2D eigenvalue weighted by Crippen LogP contribution is 2.27. The van der Waals surface area contributed by atoms with Gasteiger partial charge in [0, 0.05) is 12.7 Å². The first-order valence-corrected chi connectivity index (χ1v) is 10.7. The highest BCUT2D eigenvalue weighted by atomic mass is 35.5. The molecule has 0 spiro atoms. The molecule has 0 aliphatic rings. The fourth-order valence-corrected chi connectivity index (χ4v) is 3.63. The van der Waals surface area contributed by atoms with Crippen molar-refractivity contribution in [1.82, 2.24) is 14.8 Å². The van der Waals surface area contributed by atoms with Gasteiger partial charge in [-0.3, -0.25) is 4.79 Å². The van der Waals surface area contributed by atoms with Gasteiger partial charge in [0.2, 0.25) is 5.91 Å². The summed E-state index contributed by atoms with van der Waals surface area (Å²) in [4.78, 5) is 12.2. The topological polar surface area (TPSA) is 78.3 Å². The number of methoxy groups -OCH3 is 1. The van der Waals surface area contributed by atoms with Crippen LogP contribution in [0.15, 0.2) is 47.6 Å². The molecular weight excluding hydrogens is 447 g/mol. The Balaban J connectivity index is 1.57. The molecule has 7 nitrogen and oxygen atoms in total. The first-order chi connectivity index (χ1) is 14.4. The lowest BCUT2D eigenvalue weighted by atomic mass is 10.3. The smallest absolute Gasteiger partial charge is 0.234 e. The third-order valence-electron chi connectivity index (χ3n) is 4.14. The number of hydrogen-bond donors (Lipinski definition) is 1. The van der Waals surface area contributed by atoms with Crippen LogP contribution in [0.2, 0.25) is 10.0 Å². The molecule has 1 atom stereocenters. The van der Waals surface area contributed by atoms with E-state index in [2.05, 4.69) is 15.5 Å². The van der Waals surface area contributed by atoms with Crippen molar-refractivity contribution in [2.24, 2.45) is 7.05 Å². The number of benzene rings is 2. The number of anilines is 1. The molecule has 0 radical (unpaired) electrons. The van der Waals surface area contributed by atoms with Gasteiger partial charge in [-0.25, -0.2) is 0 Å². The molecule has 0 aliphatic heterocycles. The Kier molecular flexibility index (Phi) is 7.47. The van der Waals surface area contributed by atoms with Gasteiger partial charge in [0.1, 0.15) is 11.5 Å². The lowest BCUT2D eigenvalue weighted by Crippen LogP contribution is -2.15. The average Bonchev–Trinajstić information content (AvgIpc) is 3.10. The van der Waals surface area contributed by atoms with Crippen LogP contribution in [-0.4, -0.2) is 33.5 Å². The lowest BCUT2D eigenvalue weighted by molar-refractivity contribution is -0.113. The quantitative estimate of drug-likeness (QED) is 0.470. The molecule has 3 aromatic rings. The summed E-state index contributed by atoms with van der Waals surface area (Å²) >= 11 is 13.1. The van der Waals surface area contributed by atoms with Crippen molar-refractivity contribution in [1.29, 1.82) is 0 Å². The molecule has 1 heterocycles. The number of carbonyl (C=O) groups excluding carboxylic acids is 1. The highest BCUT2D eigenvalue weighted by Gasteiger charge is 2.18. The van der Waals surface area contributed by atoms with Crippen molar-refractivity contribution >= 4 is 46.6 Å². The minimum Gasteiger partial charge on any atom is -0.497 e. The summed E-state index contributed by atoms with van der Waals surface area (Å²) in [6, 6.07) is 12.2. The maximum absolute atomic E-state index is 12.2. The van der Waals surface area contributed by atoms with Crippen molar-refractivity contribution in [2.45, 2.75) is 18.2 Å². The van der Waals surface area contributed by atoms with E-state index in [-0.39, 0.29) is 17.8 Å². The fourth-order valence-electron chi connectivity index (χ4n) is 2.62. The van der Waals surface area contributed by atoms with Gasteiger partial charge in [-0.15, -0.1) is 10.2 Å². The van der Waals surface area contributed by atoms with Crippen LogP contribution < -0.4 is 14.8 Å².